The fourth-order valence-corrected chi connectivity index (χ4v) is 7.22. The van der Waals surface area contributed by atoms with Gasteiger partial charge in [0.05, 0.1) is 40.3 Å². The van der Waals surface area contributed by atoms with Crippen LogP contribution in [-0.2, 0) is 23.0 Å². The molecule has 0 spiro atoms. The summed E-state index contributed by atoms with van der Waals surface area (Å²) >= 11 is 6.98. The van der Waals surface area contributed by atoms with Gasteiger partial charge in [-0.2, -0.15) is 5.26 Å². The molecule has 3 aromatic heterocycles. The van der Waals surface area contributed by atoms with Crippen molar-refractivity contribution in [2.45, 2.75) is 58.1 Å². The average molecular weight is 699 g/mol. The van der Waals surface area contributed by atoms with Gasteiger partial charge in [-0.3, -0.25) is 9.59 Å². The van der Waals surface area contributed by atoms with E-state index in [9.17, 15) is 14.9 Å². The highest BCUT2D eigenvalue weighted by molar-refractivity contribution is 6.38. The molecule has 0 bridgehead atoms. The maximum Gasteiger partial charge on any atom is 0.248 e. The van der Waals surface area contributed by atoms with Crippen molar-refractivity contribution >= 4 is 45.5 Å². The van der Waals surface area contributed by atoms with Gasteiger partial charge in [0.15, 0.2) is 0 Å². The number of nitriles is 1. The fourth-order valence-electron chi connectivity index (χ4n) is 6.83. The molecule has 1 amide bonds. The number of ether oxygens (including phenoxy) is 1. The Kier molecular flexibility index (Phi) is 10.2. The van der Waals surface area contributed by atoms with Gasteiger partial charge in [0.1, 0.15) is 28.7 Å². The first kappa shape index (κ1) is 35.0. The Balaban J connectivity index is 1.26. The number of carbonyl (C=O) groups is 2. The van der Waals surface area contributed by atoms with Gasteiger partial charge < -0.3 is 24.3 Å². The molecule has 5 aromatic rings. The minimum absolute atomic E-state index is 0.0267. The zero-order valence-corrected chi connectivity index (χ0v) is 29.0. The number of carbonyl (C=O) groups excluding carboxylic acids is 2. The fraction of sp³-hybridized carbons (Fsp3) is 0.316. The molecule has 3 heterocycles. The number of rotatable bonds is 10. The molecule has 1 fully saturated rings. The number of halogens is 3. The number of ketones is 1. The van der Waals surface area contributed by atoms with Gasteiger partial charge in [-0.15, -0.1) is 0 Å². The smallest absolute Gasteiger partial charge is 0.248 e. The highest BCUT2D eigenvalue weighted by Gasteiger charge is 2.25. The van der Waals surface area contributed by atoms with Crippen molar-refractivity contribution in [3.05, 3.63) is 99.6 Å². The van der Waals surface area contributed by atoms with Crippen LogP contribution in [0.25, 0.3) is 27.7 Å². The van der Waals surface area contributed by atoms with E-state index in [1.54, 1.807) is 35.9 Å². The molecule has 0 atom stereocenters. The summed E-state index contributed by atoms with van der Waals surface area (Å²) in [5, 5.41) is 15.7. The number of imidazole rings is 1. The Morgan fingerprint density at radius 1 is 1.14 bits per heavy atom. The lowest BCUT2D eigenvalue weighted by Gasteiger charge is -2.27. The summed E-state index contributed by atoms with van der Waals surface area (Å²) in [5.74, 6) is -2.76. The van der Waals surface area contributed by atoms with Crippen molar-refractivity contribution in [2.24, 2.45) is 7.05 Å². The molecule has 0 aliphatic heterocycles. The van der Waals surface area contributed by atoms with Crippen molar-refractivity contribution in [2.75, 3.05) is 19.0 Å². The van der Waals surface area contributed by atoms with Gasteiger partial charge in [-0.1, -0.05) is 23.7 Å². The predicted octanol–water partition coefficient (Wildman–Crippen LogP) is 7.38. The van der Waals surface area contributed by atoms with E-state index in [-0.39, 0.29) is 23.8 Å². The first-order valence-corrected chi connectivity index (χ1v) is 16.8. The molecular formula is C38H37ClF2N6O3. The molecule has 50 heavy (non-hydrogen) atoms. The number of pyridine rings is 1. The lowest BCUT2D eigenvalue weighted by atomic mass is 9.93. The summed E-state index contributed by atoms with van der Waals surface area (Å²) in [5.41, 5.74) is 4.08. The van der Waals surface area contributed by atoms with E-state index in [2.05, 4.69) is 21.7 Å². The molecule has 2 N–H and O–H groups in total. The Bertz CT molecular complexity index is 2180. The third kappa shape index (κ3) is 6.66. The lowest BCUT2D eigenvalue weighted by molar-refractivity contribution is -0.112. The first-order chi connectivity index (χ1) is 24.0. The number of hydrogen-bond acceptors (Lipinski definition) is 6. The summed E-state index contributed by atoms with van der Waals surface area (Å²) in [4.78, 5) is 31.0. The topological polar surface area (TPSA) is 113 Å². The van der Waals surface area contributed by atoms with Crippen molar-refractivity contribution in [1.82, 2.24) is 19.3 Å². The quantitative estimate of drug-likeness (QED) is 0.116. The van der Waals surface area contributed by atoms with Crippen LogP contribution < -0.4 is 10.6 Å². The average Bonchev–Trinajstić information content (AvgIpc) is 3.61. The summed E-state index contributed by atoms with van der Waals surface area (Å²) in [6, 6.07) is 11.4. The summed E-state index contributed by atoms with van der Waals surface area (Å²) in [6.45, 7) is 4.25. The standard InChI is InChI=1S/C38H37ClF2N6O3/c1-21-17-30-36(44-22(2)46(30)3)34(39)33(21)27-7-6-16-47-31(20-23(13-14-42)37(27)47)38(49)24-18-28(40)35(29(41)19-24)45-32(48)8-5-15-43-25-9-11-26(50-4)12-10-25/h5-8,16-20,25-26,43H,9-13,15H2,1-4H3,(H,45,48)/b8-5+. The Labute approximate surface area is 293 Å². The maximum absolute atomic E-state index is 15.3. The molecule has 0 unspecified atom stereocenters. The SMILES string of the molecule is COC1CCC(NC/C=C/C(=O)Nc2c(F)cc(C(=O)c3cc(CC#N)c4c(-c5c(C)cc6c(nc(C)n6C)c5Cl)cccn34)cc2F)CC1. The number of nitrogens with zero attached hydrogens (tertiary/aromatic N) is 4. The number of benzene rings is 2. The van der Waals surface area contributed by atoms with E-state index in [4.69, 9.17) is 16.3 Å². The van der Waals surface area contributed by atoms with Crippen molar-refractivity contribution < 1.29 is 23.1 Å². The molecular weight excluding hydrogens is 662 g/mol. The Hall–Kier alpha value is -4.89. The van der Waals surface area contributed by atoms with Crippen molar-refractivity contribution in [3.8, 4) is 17.2 Å². The van der Waals surface area contributed by atoms with Gasteiger partial charge >= 0.3 is 0 Å². The van der Waals surface area contributed by atoms with E-state index in [1.165, 1.54) is 6.08 Å². The minimum atomic E-state index is -1.09. The van der Waals surface area contributed by atoms with E-state index < -0.39 is 29.0 Å². The summed E-state index contributed by atoms with van der Waals surface area (Å²) < 4.78 is 39.5. The zero-order chi connectivity index (χ0) is 35.7. The van der Waals surface area contributed by atoms with E-state index in [0.29, 0.717) is 45.3 Å². The molecule has 6 rings (SSSR count). The second-order valence-electron chi connectivity index (χ2n) is 12.7. The van der Waals surface area contributed by atoms with E-state index in [0.717, 1.165) is 54.7 Å². The lowest BCUT2D eigenvalue weighted by Crippen LogP contribution is -2.35. The number of methoxy groups -OCH3 is 1. The third-order valence-corrected chi connectivity index (χ3v) is 9.90. The number of hydrogen-bond donors (Lipinski definition) is 2. The van der Waals surface area contributed by atoms with Crippen molar-refractivity contribution in [1.29, 1.82) is 5.26 Å². The van der Waals surface area contributed by atoms with Crippen LogP contribution in [0, 0.1) is 36.8 Å². The molecule has 9 nitrogen and oxygen atoms in total. The minimum Gasteiger partial charge on any atom is -0.381 e. The third-order valence-electron chi connectivity index (χ3n) is 9.53. The maximum atomic E-state index is 15.3. The number of amides is 1. The molecule has 2 aromatic carbocycles. The predicted molar refractivity (Wildman–Crippen MR) is 190 cm³/mol. The molecule has 0 saturated heterocycles. The molecule has 1 saturated carbocycles. The zero-order valence-electron chi connectivity index (χ0n) is 28.2. The van der Waals surface area contributed by atoms with Crippen LogP contribution in [0.5, 0.6) is 0 Å². The van der Waals surface area contributed by atoms with Gasteiger partial charge in [0.2, 0.25) is 11.7 Å². The number of anilines is 1. The van der Waals surface area contributed by atoms with E-state index >= 15 is 8.78 Å². The molecule has 0 radical (unpaired) electrons. The first-order valence-electron chi connectivity index (χ1n) is 16.4. The van der Waals surface area contributed by atoms with Crippen LogP contribution in [0.15, 0.2) is 54.7 Å². The number of aromatic nitrogens is 3. The van der Waals surface area contributed by atoms with Gasteiger partial charge in [0, 0.05) is 55.7 Å². The van der Waals surface area contributed by atoms with Crippen molar-refractivity contribution in [3.63, 3.8) is 0 Å². The molecule has 1 aliphatic rings. The largest absolute Gasteiger partial charge is 0.381 e. The van der Waals surface area contributed by atoms with Gasteiger partial charge in [0.25, 0.3) is 0 Å². The van der Waals surface area contributed by atoms with Gasteiger partial charge in [-0.05, 0) is 81.0 Å². The van der Waals surface area contributed by atoms with E-state index in [1.807, 2.05) is 37.6 Å². The Morgan fingerprint density at radius 3 is 2.54 bits per heavy atom. The highest BCUT2D eigenvalue weighted by Crippen LogP contribution is 2.40. The monoisotopic (exact) mass is 698 g/mol. The number of nitrogens with one attached hydrogen (secondary N) is 2. The van der Waals surface area contributed by atoms with Crippen LogP contribution in [0.4, 0.5) is 14.5 Å². The van der Waals surface area contributed by atoms with Gasteiger partial charge in [-0.25, -0.2) is 13.8 Å². The Morgan fingerprint density at radius 2 is 1.86 bits per heavy atom. The van der Waals surface area contributed by atoms with Crippen LogP contribution >= 0.6 is 11.6 Å². The summed E-state index contributed by atoms with van der Waals surface area (Å²) in [6.07, 6.45) is 8.60. The second-order valence-corrected chi connectivity index (χ2v) is 13.0. The molecule has 258 valence electrons. The molecule has 1 aliphatic carbocycles. The normalized spacial score (nSPS) is 16.4. The van der Waals surface area contributed by atoms with Crippen LogP contribution in [0.3, 0.4) is 0 Å². The van der Waals surface area contributed by atoms with Crippen LogP contribution in [0.1, 0.15) is 58.7 Å². The van der Waals surface area contributed by atoms with Crippen LogP contribution in [-0.4, -0.2) is 51.4 Å². The molecule has 12 heteroatoms. The second kappa shape index (κ2) is 14.5. The van der Waals surface area contributed by atoms with Crippen LogP contribution in [0.2, 0.25) is 5.02 Å². The number of fused-ring (bicyclic) bond motifs is 2. The summed E-state index contributed by atoms with van der Waals surface area (Å²) in [7, 11) is 3.63. The highest BCUT2D eigenvalue weighted by atomic mass is 35.5. The number of aryl methyl sites for hydroxylation is 3.